The van der Waals surface area contributed by atoms with Crippen LogP contribution in [-0.2, 0) is 16.4 Å². The number of sulfonamides is 1. The van der Waals surface area contributed by atoms with E-state index in [1.54, 1.807) is 12.1 Å². The monoisotopic (exact) mass is 335 g/mol. The Labute approximate surface area is 142 Å². The third-order valence-electron chi connectivity index (χ3n) is 4.36. The van der Waals surface area contributed by atoms with Gasteiger partial charge in [0, 0.05) is 6.42 Å². The summed E-state index contributed by atoms with van der Waals surface area (Å²) in [4.78, 5) is 0.305. The first-order chi connectivity index (χ1) is 11.6. The summed E-state index contributed by atoms with van der Waals surface area (Å²) < 4.78 is 28.2. The van der Waals surface area contributed by atoms with Gasteiger partial charge in [-0.1, -0.05) is 54.1 Å². The van der Waals surface area contributed by atoms with Crippen LogP contribution in [-0.4, -0.2) is 8.42 Å². The van der Waals surface area contributed by atoms with Crippen molar-refractivity contribution in [3.63, 3.8) is 0 Å². The lowest BCUT2D eigenvalue weighted by atomic mass is 9.97. The third-order valence-corrected chi connectivity index (χ3v) is 6.10. The van der Waals surface area contributed by atoms with Crippen molar-refractivity contribution in [3.8, 4) is 0 Å². The molecule has 0 amide bonds. The fourth-order valence-corrected chi connectivity index (χ4v) is 4.69. The van der Waals surface area contributed by atoms with E-state index in [4.69, 9.17) is 0 Å². The van der Waals surface area contributed by atoms with E-state index in [9.17, 15) is 8.42 Å². The van der Waals surface area contributed by atoms with Gasteiger partial charge in [-0.25, -0.2) is 12.7 Å². The van der Waals surface area contributed by atoms with Gasteiger partial charge in [0.1, 0.15) is 0 Å². The molecular weight excluding hydrogens is 318 g/mol. The zero-order valence-electron chi connectivity index (χ0n) is 13.3. The van der Waals surface area contributed by atoms with Crippen LogP contribution in [0.25, 0.3) is 0 Å². The molecule has 0 saturated heterocycles. The number of aryl methyl sites for hydroxylation is 1. The molecule has 120 valence electrons. The summed E-state index contributed by atoms with van der Waals surface area (Å²) in [6, 6.07) is 22.4. The van der Waals surface area contributed by atoms with Crippen LogP contribution >= 0.6 is 0 Å². The molecule has 0 saturated carbocycles. The molecule has 4 heteroatoms. The topological polar surface area (TPSA) is 37.4 Å². The molecule has 0 atom stereocenters. The van der Waals surface area contributed by atoms with Crippen LogP contribution in [0.1, 0.15) is 16.7 Å². The highest BCUT2D eigenvalue weighted by molar-refractivity contribution is 7.93. The number of hydrogen-bond donors (Lipinski definition) is 0. The lowest BCUT2D eigenvalue weighted by Crippen LogP contribution is -2.30. The number of nitrogens with zero attached hydrogens (tertiary/aromatic N) is 1. The Morgan fingerprint density at radius 3 is 1.79 bits per heavy atom. The summed E-state index contributed by atoms with van der Waals surface area (Å²) in [7, 11) is -3.67. The predicted molar refractivity (Wildman–Crippen MR) is 96.2 cm³/mol. The fourth-order valence-electron chi connectivity index (χ4n) is 3.13. The molecule has 3 aromatic carbocycles. The van der Waals surface area contributed by atoms with Gasteiger partial charge in [-0.3, -0.25) is 0 Å². The molecule has 3 nitrogen and oxygen atoms in total. The maximum absolute atomic E-state index is 13.3. The van der Waals surface area contributed by atoms with Crippen LogP contribution in [0.2, 0.25) is 0 Å². The average Bonchev–Trinajstić information content (AvgIpc) is 2.59. The van der Waals surface area contributed by atoms with Crippen molar-refractivity contribution in [1.82, 2.24) is 0 Å². The quantitative estimate of drug-likeness (QED) is 0.695. The number of anilines is 2. The first kappa shape index (κ1) is 15.0. The van der Waals surface area contributed by atoms with E-state index < -0.39 is 10.0 Å². The minimum atomic E-state index is -3.67. The van der Waals surface area contributed by atoms with E-state index in [0.717, 1.165) is 34.5 Å². The molecule has 4 rings (SSSR count). The van der Waals surface area contributed by atoms with Gasteiger partial charge in [0.05, 0.1) is 16.3 Å². The molecule has 0 fully saturated rings. The Hall–Kier alpha value is -2.59. The zero-order chi connectivity index (χ0) is 16.7. The Morgan fingerprint density at radius 1 is 0.750 bits per heavy atom. The maximum Gasteiger partial charge on any atom is 0.268 e. The molecule has 3 aromatic rings. The van der Waals surface area contributed by atoms with Gasteiger partial charge >= 0.3 is 0 Å². The van der Waals surface area contributed by atoms with E-state index in [-0.39, 0.29) is 0 Å². The van der Waals surface area contributed by atoms with Crippen LogP contribution in [0, 0.1) is 6.92 Å². The van der Waals surface area contributed by atoms with Crippen molar-refractivity contribution >= 4 is 21.4 Å². The standard InChI is InChI=1S/C20H17NO2S/c1-15-10-12-18(13-11-15)24(22,23)21-19-8-4-2-6-16(19)14-17-7-3-5-9-20(17)21/h2-13H,14H2,1H3. The Bertz CT molecular complexity index is 962. The fraction of sp³-hybridized carbons (Fsp3) is 0.100. The summed E-state index contributed by atoms with van der Waals surface area (Å²) in [5.74, 6) is 0. The minimum absolute atomic E-state index is 0.305. The second-order valence-electron chi connectivity index (χ2n) is 6.02. The van der Waals surface area contributed by atoms with Crippen molar-refractivity contribution in [2.75, 3.05) is 4.31 Å². The molecule has 1 aliphatic rings. The number of hydrogen-bond acceptors (Lipinski definition) is 2. The van der Waals surface area contributed by atoms with Crippen LogP contribution in [0.4, 0.5) is 11.4 Å². The normalized spacial score (nSPS) is 13.3. The number of rotatable bonds is 2. The van der Waals surface area contributed by atoms with E-state index in [2.05, 4.69) is 0 Å². The predicted octanol–water partition coefficient (Wildman–Crippen LogP) is 4.43. The van der Waals surface area contributed by atoms with Gasteiger partial charge in [-0.2, -0.15) is 0 Å². The molecule has 0 radical (unpaired) electrons. The van der Waals surface area contributed by atoms with E-state index in [1.165, 1.54) is 4.31 Å². The summed E-state index contributed by atoms with van der Waals surface area (Å²) in [5.41, 5.74) is 4.54. The molecule has 0 bridgehead atoms. The molecule has 0 aromatic heterocycles. The van der Waals surface area contributed by atoms with Crippen LogP contribution in [0.5, 0.6) is 0 Å². The number of benzene rings is 3. The number of fused-ring (bicyclic) bond motifs is 2. The highest BCUT2D eigenvalue weighted by atomic mass is 32.2. The van der Waals surface area contributed by atoms with Gasteiger partial charge in [0.2, 0.25) is 0 Å². The Morgan fingerprint density at radius 2 is 1.25 bits per heavy atom. The Kier molecular flexibility index (Phi) is 3.43. The van der Waals surface area contributed by atoms with Crippen molar-refractivity contribution in [2.45, 2.75) is 18.2 Å². The summed E-state index contributed by atoms with van der Waals surface area (Å²) in [6.07, 6.45) is 0.742. The summed E-state index contributed by atoms with van der Waals surface area (Å²) in [5, 5.41) is 0. The van der Waals surface area contributed by atoms with Gasteiger partial charge in [0.25, 0.3) is 10.0 Å². The molecule has 0 aliphatic carbocycles. The number of para-hydroxylation sites is 2. The summed E-state index contributed by atoms with van der Waals surface area (Å²) in [6.45, 7) is 1.95. The van der Waals surface area contributed by atoms with E-state index in [1.807, 2.05) is 67.6 Å². The molecule has 24 heavy (non-hydrogen) atoms. The molecular formula is C20H17NO2S. The smallest absolute Gasteiger partial charge is 0.234 e. The zero-order valence-corrected chi connectivity index (χ0v) is 14.1. The molecule has 0 unspecified atom stereocenters. The third kappa shape index (κ3) is 2.31. The van der Waals surface area contributed by atoms with E-state index >= 15 is 0 Å². The Balaban J connectivity index is 1.96. The van der Waals surface area contributed by atoms with Crippen molar-refractivity contribution in [3.05, 3.63) is 89.5 Å². The lowest BCUT2D eigenvalue weighted by molar-refractivity contribution is 0.595. The van der Waals surface area contributed by atoms with Crippen LogP contribution < -0.4 is 4.31 Å². The van der Waals surface area contributed by atoms with E-state index in [0.29, 0.717) is 4.90 Å². The molecule has 0 spiro atoms. The highest BCUT2D eigenvalue weighted by Gasteiger charge is 2.32. The SMILES string of the molecule is Cc1ccc(S(=O)(=O)N2c3ccccc3Cc3ccccc32)cc1. The van der Waals surface area contributed by atoms with Crippen LogP contribution in [0.3, 0.4) is 0 Å². The largest absolute Gasteiger partial charge is 0.268 e. The van der Waals surface area contributed by atoms with Gasteiger partial charge in [-0.15, -0.1) is 0 Å². The lowest BCUT2D eigenvalue weighted by Gasteiger charge is -2.32. The molecule has 1 heterocycles. The van der Waals surface area contributed by atoms with Gasteiger partial charge in [0.15, 0.2) is 0 Å². The molecule has 1 aliphatic heterocycles. The first-order valence-electron chi connectivity index (χ1n) is 7.85. The van der Waals surface area contributed by atoms with Crippen molar-refractivity contribution in [2.24, 2.45) is 0 Å². The van der Waals surface area contributed by atoms with Crippen molar-refractivity contribution < 1.29 is 8.42 Å². The maximum atomic E-state index is 13.3. The average molecular weight is 335 g/mol. The molecule has 0 N–H and O–H groups in total. The van der Waals surface area contributed by atoms with Gasteiger partial charge < -0.3 is 0 Å². The van der Waals surface area contributed by atoms with Gasteiger partial charge in [-0.05, 0) is 42.3 Å². The van der Waals surface area contributed by atoms with Crippen LogP contribution in [0.15, 0.2) is 77.7 Å². The van der Waals surface area contributed by atoms with Crippen molar-refractivity contribution in [1.29, 1.82) is 0 Å². The first-order valence-corrected chi connectivity index (χ1v) is 9.29. The second-order valence-corrected chi connectivity index (χ2v) is 7.80. The highest BCUT2D eigenvalue weighted by Crippen LogP contribution is 2.41. The minimum Gasteiger partial charge on any atom is -0.234 e. The second kappa shape index (κ2) is 5.49. The summed E-state index contributed by atoms with van der Waals surface area (Å²) >= 11 is 0.